The van der Waals surface area contributed by atoms with Gasteiger partial charge in [-0.25, -0.2) is 4.90 Å². The minimum atomic E-state index is -0.473. The third-order valence-corrected chi connectivity index (χ3v) is 5.24. The van der Waals surface area contributed by atoms with Gasteiger partial charge in [-0.3, -0.25) is 9.59 Å². The number of anilines is 1. The van der Waals surface area contributed by atoms with Crippen LogP contribution in [0.4, 0.5) is 5.69 Å². The number of carbonyl (C=O) groups is 2. The van der Waals surface area contributed by atoms with Gasteiger partial charge in [0.15, 0.2) is 0 Å². The van der Waals surface area contributed by atoms with Crippen molar-refractivity contribution in [3.63, 3.8) is 0 Å². The molecule has 5 heteroatoms. The van der Waals surface area contributed by atoms with E-state index in [2.05, 4.69) is 22.6 Å². The van der Waals surface area contributed by atoms with Gasteiger partial charge in [0.05, 0.1) is 11.3 Å². The number of imide groups is 1. The van der Waals surface area contributed by atoms with Crippen LogP contribution in [0.25, 0.3) is 5.57 Å². The molecular formula is C19H15ClINO2. The van der Waals surface area contributed by atoms with Crippen LogP contribution in [-0.4, -0.2) is 11.8 Å². The van der Waals surface area contributed by atoms with Crippen LogP contribution in [0.5, 0.6) is 0 Å². The van der Waals surface area contributed by atoms with Crippen LogP contribution in [0.1, 0.15) is 22.3 Å². The molecule has 0 saturated heterocycles. The third kappa shape index (κ3) is 2.78. The molecule has 0 aromatic heterocycles. The van der Waals surface area contributed by atoms with Gasteiger partial charge in [-0.2, -0.15) is 0 Å². The fraction of sp³-hybridized carbons (Fsp3) is 0.158. The van der Waals surface area contributed by atoms with E-state index < -0.39 is 5.91 Å². The SMILES string of the molecule is Cc1ccc(C2=C(Cl)C(=O)N(c3ccc(I)cc3C)C2=O)cc1C. The summed E-state index contributed by atoms with van der Waals surface area (Å²) in [6.07, 6.45) is 0. The van der Waals surface area contributed by atoms with Gasteiger partial charge in [0.1, 0.15) is 5.03 Å². The van der Waals surface area contributed by atoms with E-state index in [1.807, 2.05) is 51.1 Å². The van der Waals surface area contributed by atoms with Crippen molar-refractivity contribution >= 4 is 57.3 Å². The first-order valence-electron chi connectivity index (χ1n) is 7.43. The van der Waals surface area contributed by atoms with Crippen molar-refractivity contribution in [2.45, 2.75) is 20.8 Å². The Balaban J connectivity index is 2.09. The predicted octanol–water partition coefficient (Wildman–Crippen LogP) is 4.74. The molecular weight excluding hydrogens is 437 g/mol. The highest BCUT2D eigenvalue weighted by atomic mass is 127. The molecule has 2 amide bonds. The number of amides is 2. The summed E-state index contributed by atoms with van der Waals surface area (Å²) < 4.78 is 1.04. The summed E-state index contributed by atoms with van der Waals surface area (Å²) in [6, 6.07) is 11.2. The van der Waals surface area contributed by atoms with Gasteiger partial charge in [0.25, 0.3) is 11.8 Å². The second-order valence-electron chi connectivity index (χ2n) is 5.86. The van der Waals surface area contributed by atoms with E-state index in [0.717, 1.165) is 25.2 Å². The molecule has 0 atom stereocenters. The van der Waals surface area contributed by atoms with Crippen LogP contribution in [0.2, 0.25) is 0 Å². The van der Waals surface area contributed by atoms with Gasteiger partial charge in [-0.15, -0.1) is 0 Å². The average molecular weight is 452 g/mol. The number of hydrogen-bond acceptors (Lipinski definition) is 2. The Morgan fingerprint density at radius 1 is 0.875 bits per heavy atom. The molecule has 122 valence electrons. The Hall–Kier alpha value is -1.66. The molecule has 0 saturated carbocycles. The van der Waals surface area contributed by atoms with E-state index in [1.54, 1.807) is 6.07 Å². The number of hydrogen-bond donors (Lipinski definition) is 0. The van der Waals surface area contributed by atoms with Gasteiger partial charge in [-0.05, 0) is 83.8 Å². The molecule has 3 nitrogen and oxygen atoms in total. The van der Waals surface area contributed by atoms with Crippen LogP contribution in [0, 0.1) is 24.3 Å². The average Bonchev–Trinajstić information content (AvgIpc) is 2.73. The lowest BCUT2D eigenvalue weighted by atomic mass is 10.0. The molecule has 3 rings (SSSR count). The molecule has 1 heterocycles. The van der Waals surface area contributed by atoms with Crippen molar-refractivity contribution in [1.82, 2.24) is 0 Å². The summed E-state index contributed by atoms with van der Waals surface area (Å²) in [4.78, 5) is 26.7. The van der Waals surface area contributed by atoms with E-state index in [-0.39, 0.29) is 16.5 Å². The first-order chi connectivity index (χ1) is 11.3. The van der Waals surface area contributed by atoms with E-state index in [0.29, 0.717) is 11.3 Å². The van der Waals surface area contributed by atoms with Crippen LogP contribution in [0.15, 0.2) is 41.4 Å². The Morgan fingerprint density at radius 3 is 2.21 bits per heavy atom. The lowest BCUT2D eigenvalue weighted by Gasteiger charge is -2.17. The largest absolute Gasteiger partial charge is 0.277 e. The highest BCUT2D eigenvalue weighted by molar-refractivity contribution is 14.1. The van der Waals surface area contributed by atoms with Gasteiger partial charge >= 0.3 is 0 Å². The molecule has 0 N–H and O–H groups in total. The Bertz CT molecular complexity index is 918. The molecule has 1 aliphatic heterocycles. The van der Waals surface area contributed by atoms with Crippen molar-refractivity contribution in [3.8, 4) is 0 Å². The topological polar surface area (TPSA) is 37.4 Å². The quantitative estimate of drug-likeness (QED) is 0.489. The zero-order chi connectivity index (χ0) is 17.6. The normalized spacial score (nSPS) is 14.8. The summed E-state index contributed by atoms with van der Waals surface area (Å²) in [5.41, 5.74) is 4.54. The fourth-order valence-corrected chi connectivity index (χ4v) is 3.66. The van der Waals surface area contributed by atoms with Crippen molar-refractivity contribution in [2.24, 2.45) is 0 Å². The molecule has 24 heavy (non-hydrogen) atoms. The van der Waals surface area contributed by atoms with E-state index in [1.165, 1.54) is 0 Å². The molecule has 0 unspecified atom stereocenters. The zero-order valence-corrected chi connectivity index (χ0v) is 16.4. The number of halogens is 2. The van der Waals surface area contributed by atoms with Crippen LogP contribution >= 0.6 is 34.2 Å². The number of benzene rings is 2. The van der Waals surface area contributed by atoms with Crippen LogP contribution in [0.3, 0.4) is 0 Å². The molecule has 0 fully saturated rings. The van der Waals surface area contributed by atoms with Crippen molar-refractivity contribution in [1.29, 1.82) is 0 Å². The lowest BCUT2D eigenvalue weighted by Crippen LogP contribution is -2.31. The molecule has 0 radical (unpaired) electrons. The Kier molecular flexibility index (Phi) is 4.53. The van der Waals surface area contributed by atoms with Gasteiger partial charge in [-0.1, -0.05) is 29.8 Å². The number of carbonyl (C=O) groups excluding carboxylic acids is 2. The fourth-order valence-electron chi connectivity index (χ4n) is 2.74. The number of nitrogens with zero attached hydrogens (tertiary/aromatic N) is 1. The lowest BCUT2D eigenvalue weighted by molar-refractivity contribution is -0.119. The van der Waals surface area contributed by atoms with Crippen molar-refractivity contribution < 1.29 is 9.59 Å². The minimum absolute atomic E-state index is 0.0267. The van der Waals surface area contributed by atoms with Crippen LogP contribution < -0.4 is 4.90 Å². The molecule has 2 aromatic rings. The van der Waals surface area contributed by atoms with Gasteiger partial charge in [0, 0.05) is 3.57 Å². The second-order valence-corrected chi connectivity index (χ2v) is 7.49. The Labute approximate surface area is 159 Å². The predicted molar refractivity (Wildman–Crippen MR) is 105 cm³/mol. The van der Waals surface area contributed by atoms with Gasteiger partial charge < -0.3 is 0 Å². The first-order valence-corrected chi connectivity index (χ1v) is 8.89. The number of rotatable bonds is 2. The van der Waals surface area contributed by atoms with E-state index in [9.17, 15) is 9.59 Å². The minimum Gasteiger partial charge on any atom is -0.268 e. The summed E-state index contributed by atoms with van der Waals surface area (Å²) in [5.74, 6) is -0.850. The smallest absolute Gasteiger partial charge is 0.268 e. The highest BCUT2D eigenvalue weighted by Gasteiger charge is 2.39. The Morgan fingerprint density at radius 2 is 1.58 bits per heavy atom. The molecule has 2 aromatic carbocycles. The highest BCUT2D eigenvalue weighted by Crippen LogP contribution is 2.36. The van der Waals surface area contributed by atoms with E-state index >= 15 is 0 Å². The maximum Gasteiger partial charge on any atom is 0.277 e. The van der Waals surface area contributed by atoms with Crippen LogP contribution in [-0.2, 0) is 9.59 Å². The summed E-state index contributed by atoms with van der Waals surface area (Å²) in [5, 5.41) is -0.0267. The molecule has 1 aliphatic rings. The van der Waals surface area contributed by atoms with Crippen molar-refractivity contribution in [2.75, 3.05) is 4.90 Å². The monoisotopic (exact) mass is 451 g/mol. The summed E-state index contributed by atoms with van der Waals surface area (Å²) in [7, 11) is 0. The standard InChI is InChI=1S/C19H15ClINO2/c1-10-4-5-13(8-11(10)2)16-17(20)19(24)22(18(16)23)15-7-6-14(21)9-12(15)3/h4-9H,1-3H3. The third-order valence-electron chi connectivity index (χ3n) is 4.22. The molecule has 0 bridgehead atoms. The van der Waals surface area contributed by atoms with E-state index in [4.69, 9.17) is 11.6 Å². The number of aryl methyl sites for hydroxylation is 3. The maximum absolute atomic E-state index is 12.9. The second kappa shape index (κ2) is 6.33. The maximum atomic E-state index is 12.9. The zero-order valence-electron chi connectivity index (χ0n) is 13.5. The summed E-state index contributed by atoms with van der Waals surface area (Å²) >= 11 is 8.44. The molecule has 0 spiro atoms. The first kappa shape index (κ1) is 17.2. The summed E-state index contributed by atoms with van der Waals surface area (Å²) in [6.45, 7) is 5.84. The molecule has 0 aliphatic carbocycles. The van der Waals surface area contributed by atoms with Crippen molar-refractivity contribution in [3.05, 3.63) is 67.3 Å². The van der Waals surface area contributed by atoms with Gasteiger partial charge in [0.2, 0.25) is 0 Å².